The van der Waals surface area contributed by atoms with Crippen LogP contribution < -0.4 is 20.6 Å². The molecule has 3 rings (SSSR count). The second kappa shape index (κ2) is 9.62. The summed E-state index contributed by atoms with van der Waals surface area (Å²) in [6, 6.07) is 2.33. The van der Waals surface area contributed by atoms with Crippen LogP contribution in [0.15, 0.2) is 24.6 Å². The van der Waals surface area contributed by atoms with Crippen LogP contribution in [-0.4, -0.2) is 51.1 Å². The summed E-state index contributed by atoms with van der Waals surface area (Å²) in [5, 5.41) is 6.73. The lowest BCUT2D eigenvalue weighted by molar-refractivity contribution is -0.536. The SMILES string of the molecule is C1=[NH+][C@@H]2C[C@H]2[NH+]=C/C=C/N[C@H]2C[C@@H]2N/C=C/1.F[B-](F)(F)F.F[B-](F)(F)F. The first-order valence-electron chi connectivity index (χ1n) is 7.69. The van der Waals surface area contributed by atoms with Gasteiger partial charge in [0.05, 0.1) is 6.42 Å². The number of allylic oxidation sites excluding steroid dienone is 2. The van der Waals surface area contributed by atoms with Crippen LogP contribution in [0.1, 0.15) is 12.8 Å². The van der Waals surface area contributed by atoms with Gasteiger partial charge in [0.25, 0.3) is 0 Å². The molecule has 2 saturated carbocycles. The maximum absolute atomic E-state index is 9.75. The van der Waals surface area contributed by atoms with Crippen LogP contribution in [0, 0.1) is 0 Å². The molecule has 4 atom stereocenters. The second-order valence-electron chi connectivity index (χ2n) is 5.61. The summed E-state index contributed by atoms with van der Waals surface area (Å²) in [5.41, 5.74) is 0. The van der Waals surface area contributed by atoms with E-state index in [4.69, 9.17) is 0 Å². The summed E-state index contributed by atoms with van der Waals surface area (Å²) in [4.78, 5) is 6.73. The molecule has 14 heteroatoms. The molecule has 4 nitrogen and oxygen atoms in total. The minimum atomic E-state index is -6.00. The molecular weight excluding hydrogens is 374 g/mol. The number of fused-ring (bicyclic) bond motifs is 2. The van der Waals surface area contributed by atoms with Crippen molar-refractivity contribution in [3.63, 3.8) is 0 Å². The van der Waals surface area contributed by atoms with Crippen molar-refractivity contribution in [2.45, 2.75) is 37.0 Å². The molecule has 148 valence electrons. The minimum absolute atomic E-state index is 0.582. The molecule has 2 fully saturated rings. The quantitative estimate of drug-likeness (QED) is 0.329. The van der Waals surface area contributed by atoms with Crippen LogP contribution in [-0.2, 0) is 0 Å². The van der Waals surface area contributed by atoms with E-state index >= 15 is 0 Å². The van der Waals surface area contributed by atoms with E-state index in [0.717, 1.165) is 0 Å². The van der Waals surface area contributed by atoms with Gasteiger partial charge in [-0.3, -0.25) is 0 Å². The fourth-order valence-electron chi connectivity index (χ4n) is 1.94. The van der Waals surface area contributed by atoms with Gasteiger partial charge in [0.2, 0.25) is 12.1 Å². The molecule has 0 unspecified atom stereocenters. The Morgan fingerprint density at radius 3 is 1.35 bits per heavy atom. The van der Waals surface area contributed by atoms with Crippen molar-refractivity contribution < 1.29 is 44.5 Å². The highest BCUT2D eigenvalue weighted by molar-refractivity contribution is 6.50. The predicted octanol–water partition coefficient (Wildman–Crippen LogP) is -0.609. The van der Waals surface area contributed by atoms with Crippen molar-refractivity contribution in [2.24, 2.45) is 0 Å². The third-order valence-corrected chi connectivity index (χ3v) is 3.21. The summed E-state index contributed by atoms with van der Waals surface area (Å²) < 4.78 is 78.0. The highest BCUT2D eigenvalue weighted by Gasteiger charge is 2.47. The smallest absolute Gasteiger partial charge is 0.418 e. The molecule has 1 heterocycles. The van der Waals surface area contributed by atoms with Gasteiger partial charge >= 0.3 is 14.5 Å². The van der Waals surface area contributed by atoms with Gasteiger partial charge in [0.15, 0.2) is 12.4 Å². The maximum Gasteiger partial charge on any atom is 0.673 e. The van der Waals surface area contributed by atoms with Crippen LogP contribution in [0.2, 0.25) is 0 Å². The monoisotopic (exact) mass is 392 g/mol. The van der Waals surface area contributed by atoms with Crippen molar-refractivity contribution in [3.05, 3.63) is 24.6 Å². The predicted molar refractivity (Wildman–Crippen MR) is 83.4 cm³/mol. The molecule has 26 heavy (non-hydrogen) atoms. The zero-order valence-electron chi connectivity index (χ0n) is 13.4. The first kappa shape index (κ1) is 22.0. The van der Waals surface area contributed by atoms with Gasteiger partial charge in [0, 0.05) is 36.6 Å². The van der Waals surface area contributed by atoms with Crippen LogP contribution >= 0.6 is 0 Å². The Morgan fingerprint density at radius 2 is 1.00 bits per heavy atom. The normalized spacial score (nSPS) is 31.7. The first-order chi connectivity index (χ1) is 11.9. The Bertz CT molecular complexity index is 488. The van der Waals surface area contributed by atoms with E-state index < -0.39 is 14.5 Å². The fraction of sp³-hybridized carbons (Fsp3) is 0.500. The molecule has 0 spiro atoms. The minimum Gasteiger partial charge on any atom is -0.418 e. The van der Waals surface area contributed by atoms with Crippen LogP contribution in [0.3, 0.4) is 0 Å². The highest BCUT2D eigenvalue weighted by Crippen LogP contribution is 2.20. The lowest BCUT2D eigenvalue weighted by atomic mass is 10.3. The zero-order chi connectivity index (χ0) is 19.8. The molecule has 0 amide bonds. The molecule has 0 radical (unpaired) electrons. The van der Waals surface area contributed by atoms with Crippen molar-refractivity contribution in [3.8, 4) is 0 Å². The van der Waals surface area contributed by atoms with Gasteiger partial charge in [-0.1, -0.05) is 0 Å². The van der Waals surface area contributed by atoms with E-state index in [-0.39, 0.29) is 0 Å². The van der Waals surface area contributed by atoms with Crippen molar-refractivity contribution >= 4 is 26.9 Å². The van der Waals surface area contributed by atoms with E-state index in [2.05, 4.69) is 20.6 Å². The summed E-state index contributed by atoms with van der Waals surface area (Å²) in [6.45, 7) is 0. The zero-order valence-corrected chi connectivity index (χ0v) is 13.4. The summed E-state index contributed by atoms with van der Waals surface area (Å²) in [6.07, 6.45) is 14.5. The largest absolute Gasteiger partial charge is 0.673 e. The molecule has 0 aromatic rings. The van der Waals surface area contributed by atoms with Gasteiger partial charge in [-0.25, -0.2) is 9.98 Å². The van der Waals surface area contributed by atoms with Gasteiger partial charge in [0.1, 0.15) is 0 Å². The van der Waals surface area contributed by atoms with Gasteiger partial charge in [-0.15, -0.1) is 0 Å². The Hall–Kier alpha value is -2.01. The van der Waals surface area contributed by atoms with Crippen LogP contribution in [0.25, 0.3) is 0 Å². The average Bonchev–Trinajstić information content (AvgIpc) is 3.32. The first-order valence-corrected chi connectivity index (χ1v) is 7.69. The third-order valence-electron chi connectivity index (χ3n) is 3.21. The molecule has 0 saturated heterocycles. The Balaban J connectivity index is 0.000000284. The van der Waals surface area contributed by atoms with E-state index in [0.29, 0.717) is 24.2 Å². The van der Waals surface area contributed by atoms with Crippen molar-refractivity contribution in [1.29, 1.82) is 0 Å². The summed E-state index contributed by atoms with van der Waals surface area (Å²) >= 11 is 0. The fourth-order valence-corrected chi connectivity index (χ4v) is 1.94. The summed E-state index contributed by atoms with van der Waals surface area (Å²) in [7, 11) is -12.0. The van der Waals surface area contributed by atoms with Crippen molar-refractivity contribution in [1.82, 2.24) is 10.6 Å². The molecule has 2 aliphatic carbocycles. The van der Waals surface area contributed by atoms with E-state index in [1.165, 1.54) is 12.8 Å². The highest BCUT2D eigenvalue weighted by atomic mass is 19.5. The van der Waals surface area contributed by atoms with Crippen LogP contribution in [0.4, 0.5) is 34.5 Å². The standard InChI is InChI=1S/C12H16N4.2BF4/c1-3-13-9-7-11(9)15-5-2-6-16-12-8-10(12)14-4-1;2*2-1(3,4)5/h1-6,9-13,15H,7-8H2;;/q;2*-1/p+2/b3-1+,5-2+,14-4?,16-6?;;/t9-,10+,11-,12+;;/m0../s1. The molecule has 0 bridgehead atoms. The Morgan fingerprint density at radius 1 is 0.654 bits per heavy atom. The molecule has 0 aromatic carbocycles. The number of hydrogen-bond donors (Lipinski definition) is 4. The Labute approximate surface area is 144 Å². The van der Waals surface area contributed by atoms with Crippen LogP contribution in [0.5, 0.6) is 0 Å². The molecule has 3 aliphatic rings. The molecular formula is C12H18B2F8N4. The lowest BCUT2D eigenvalue weighted by Crippen LogP contribution is -2.81. The lowest BCUT2D eigenvalue weighted by Gasteiger charge is -1.98. The molecule has 1 aliphatic heterocycles. The second-order valence-corrected chi connectivity index (χ2v) is 5.61. The molecule has 4 N–H and O–H groups in total. The number of hydrogen-bond acceptors (Lipinski definition) is 2. The van der Waals surface area contributed by atoms with Crippen molar-refractivity contribution in [2.75, 3.05) is 0 Å². The van der Waals surface area contributed by atoms with E-state index in [9.17, 15) is 34.5 Å². The topological polar surface area (TPSA) is 52.0 Å². The number of halogens is 8. The maximum atomic E-state index is 9.75. The van der Waals surface area contributed by atoms with E-state index in [1.54, 1.807) is 0 Å². The van der Waals surface area contributed by atoms with Gasteiger partial charge in [-0.05, 0) is 6.42 Å². The number of rotatable bonds is 0. The van der Waals surface area contributed by atoms with Gasteiger partial charge in [-0.2, -0.15) is 0 Å². The molecule has 0 aromatic heterocycles. The average molecular weight is 392 g/mol. The van der Waals surface area contributed by atoms with Gasteiger partial charge < -0.3 is 45.2 Å². The Kier molecular flexibility index (Phi) is 8.15. The van der Waals surface area contributed by atoms with E-state index in [1.807, 2.05) is 37.0 Å². The number of nitrogens with one attached hydrogen (secondary N) is 4. The third kappa shape index (κ3) is 14.3. The summed E-state index contributed by atoms with van der Waals surface area (Å²) in [5.74, 6) is 0.